The Morgan fingerprint density at radius 2 is 1.92 bits per heavy atom. The molecule has 25 heavy (non-hydrogen) atoms. The van der Waals surface area contributed by atoms with Crippen molar-refractivity contribution in [2.45, 2.75) is 57.7 Å². The quantitative estimate of drug-likeness (QED) is 0.798. The second-order valence-corrected chi connectivity index (χ2v) is 7.01. The molecule has 1 saturated carbocycles. The number of hydrogen-bond acceptors (Lipinski definition) is 4. The van der Waals surface area contributed by atoms with Crippen molar-refractivity contribution in [3.05, 3.63) is 29.8 Å². The number of rotatable bonds is 6. The van der Waals surface area contributed by atoms with Crippen molar-refractivity contribution in [3.63, 3.8) is 0 Å². The standard InChI is InChI=1S/C20H27N3O2/c1-3-22-12-10-18(11-13-22)23(17-8-9-17)20(24)15(2)25-19-7-5-4-6-16(19)14-21/h4-7,15,17-18H,3,8-13H2,1-2H3/t15-/m0/s1. The second kappa shape index (κ2) is 7.88. The lowest BCUT2D eigenvalue weighted by Crippen LogP contribution is -2.51. The third-order valence-electron chi connectivity index (χ3n) is 5.25. The van der Waals surface area contributed by atoms with E-state index in [0.717, 1.165) is 45.3 Å². The molecule has 5 nitrogen and oxygen atoms in total. The summed E-state index contributed by atoms with van der Waals surface area (Å²) in [5.41, 5.74) is 0.469. The van der Waals surface area contributed by atoms with Crippen molar-refractivity contribution in [3.8, 4) is 11.8 Å². The molecule has 134 valence electrons. The maximum Gasteiger partial charge on any atom is 0.263 e. The van der Waals surface area contributed by atoms with E-state index < -0.39 is 6.10 Å². The van der Waals surface area contributed by atoms with E-state index in [4.69, 9.17) is 4.74 Å². The van der Waals surface area contributed by atoms with Gasteiger partial charge in [-0.05, 0) is 51.3 Å². The molecule has 1 saturated heterocycles. The number of nitriles is 1. The lowest BCUT2D eigenvalue weighted by molar-refractivity contribution is -0.142. The first kappa shape index (κ1) is 17.8. The first-order chi connectivity index (χ1) is 12.1. The van der Waals surface area contributed by atoms with Gasteiger partial charge in [-0.3, -0.25) is 4.79 Å². The van der Waals surface area contributed by atoms with E-state index in [-0.39, 0.29) is 5.91 Å². The highest BCUT2D eigenvalue weighted by molar-refractivity contribution is 5.82. The number of hydrogen-bond donors (Lipinski definition) is 0. The maximum absolute atomic E-state index is 13.1. The molecule has 0 N–H and O–H groups in total. The number of benzene rings is 1. The number of piperidine rings is 1. The van der Waals surface area contributed by atoms with Crippen LogP contribution < -0.4 is 4.74 Å². The second-order valence-electron chi connectivity index (χ2n) is 7.01. The normalized spacial score (nSPS) is 19.9. The summed E-state index contributed by atoms with van der Waals surface area (Å²) in [6.45, 7) is 7.18. The molecule has 1 heterocycles. The van der Waals surface area contributed by atoms with Crippen LogP contribution in [0.15, 0.2) is 24.3 Å². The average Bonchev–Trinajstić information content (AvgIpc) is 3.47. The topological polar surface area (TPSA) is 56.6 Å². The molecule has 0 unspecified atom stereocenters. The fourth-order valence-corrected chi connectivity index (χ4v) is 3.64. The molecule has 5 heteroatoms. The molecule has 3 rings (SSSR count). The Kier molecular flexibility index (Phi) is 5.60. The van der Waals surface area contributed by atoms with Gasteiger partial charge >= 0.3 is 0 Å². The lowest BCUT2D eigenvalue weighted by Gasteiger charge is -2.39. The van der Waals surface area contributed by atoms with Crippen LogP contribution in [0.3, 0.4) is 0 Å². The summed E-state index contributed by atoms with van der Waals surface area (Å²) in [5, 5.41) is 9.20. The minimum Gasteiger partial charge on any atom is -0.480 e. The molecule has 0 radical (unpaired) electrons. The summed E-state index contributed by atoms with van der Waals surface area (Å²) in [6.07, 6.45) is 3.71. The Morgan fingerprint density at radius 1 is 1.28 bits per heavy atom. The predicted molar refractivity (Wildman–Crippen MR) is 96.3 cm³/mol. The molecule has 2 fully saturated rings. The third-order valence-corrected chi connectivity index (χ3v) is 5.25. The van der Waals surface area contributed by atoms with Crippen LogP contribution in [0.5, 0.6) is 5.75 Å². The van der Waals surface area contributed by atoms with Gasteiger partial charge in [0.05, 0.1) is 5.56 Å². The highest BCUT2D eigenvalue weighted by atomic mass is 16.5. The average molecular weight is 341 g/mol. The van der Waals surface area contributed by atoms with Crippen LogP contribution >= 0.6 is 0 Å². The van der Waals surface area contributed by atoms with Crippen LogP contribution in [0.25, 0.3) is 0 Å². The van der Waals surface area contributed by atoms with Crippen molar-refractivity contribution in [2.75, 3.05) is 19.6 Å². The fraction of sp³-hybridized carbons (Fsp3) is 0.600. The van der Waals surface area contributed by atoms with Gasteiger partial charge in [0.1, 0.15) is 11.8 Å². The van der Waals surface area contributed by atoms with Crippen molar-refractivity contribution >= 4 is 5.91 Å². The van der Waals surface area contributed by atoms with E-state index in [1.807, 2.05) is 6.07 Å². The number of likely N-dealkylation sites (tertiary alicyclic amines) is 1. The molecule has 1 amide bonds. The smallest absolute Gasteiger partial charge is 0.263 e. The molecule has 1 aromatic carbocycles. The summed E-state index contributed by atoms with van der Waals surface area (Å²) in [7, 11) is 0. The molecular weight excluding hydrogens is 314 g/mol. The molecule has 2 aliphatic rings. The summed E-state index contributed by atoms with van der Waals surface area (Å²) in [6, 6.07) is 9.92. The Morgan fingerprint density at radius 3 is 2.52 bits per heavy atom. The summed E-state index contributed by atoms with van der Waals surface area (Å²) < 4.78 is 5.87. The molecule has 1 aliphatic heterocycles. The third kappa shape index (κ3) is 4.13. The first-order valence-corrected chi connectivity index (χ1v) is 9.34. The largest absolute Gasteiger partial charge is 0.480 e. The minimum absolute atomic E-state index is 0.0604. The van der Waals surface area contributed by atoms with Crippen molar-refractivity contribution < 1.29 is 9.53 Å². The summed E-state index contributed by atoms with van der Waals surface area (Å²) in [4.78, 5) is 17.6. The van der Waals surface area contributed by atoms with Gasteiger partial charge in [0.25, 0.3) is 5.91 Å². The maximum atomic E-state index is 13.1. The van der Waals surface area contributed by atoms with Crippen molar-refractivity contribution in [1.82, 2.24) is 9.80 Å². The lowest BCUT2D eigenvalue weighted by atomic mass is 10.0. The number of nitrogens with zero attached hydrogens (tertiary/aromatic N) is 3. The van der Waals surface area contributed by atoms with Crippen LogP contribution in [-0.4, -0.2) is 53.5 Å². The Bertz CT molecular complexity index is 643. The van der Waals surface area contributed by atoms with E-state index >= 15 is 0 Å². The molecular formula is C20H27N3O2. The van der Waals surface area contributed by atoms with E-state index in [1.54, 1.807) is 25.1 Å². The van der Waals surface area contributed by atoms with Gasteiger partial charge < -0.3 is 14.5 Å². The van der Waals surface area contributed by atoms with Crippen LogP contribution in [0.4, 0.5) is 0 Å². The van der Waals surface area contributed by atoms with Gasteiger partial charge in [-0.2, -0.15) is 5.26 Å². The fourth-order valence-electron chi connectivity index (χ4n) is 3.64. The van der Waals surface area contributed by atoms with Gasteiger partial charge in [-0.15, -0.1) is 0 Å². The molecule has 1 aliphatic carbocycles. The van der Waals surface area contributed by atoms with Crippen LogP contribution in [0, 0.1) is 11.3 Å². The number of amides is 1. The minimum atomic E-state index is -0.570. The van der Waals surface area contributed by atoms with Gasteiger partial charge in [-0.25, -0.2) is 0 Å². The first-order valence-electron chi connectivity index (χ1n) is 9.34. The summed E-state index contributed by atoms with van der Waals surface area (Å²) in [5.74, 6) is 0.549. The number of para-hydroxylation sites is 1. The molecule has 1 atom stereocenters. The van der Waals surface area contributed by atoms with E-state index in [1.165, 1.54) is 0 Å². The van der Waals surface area contributed by atoms with E-state index in [0.29, 0.717) is 23.4 Å². The van der Waals surface area contributed by atoms with Crippen molar-refractivity contribution in [1.29, 1.82) is 5.26 Å². The number of ether oxygens (including phenoxy) is 1. The highest BCUT2D eigenvalue weighted by Gasteiger charge is 2.40. The van der Waals surface area contributed by atoms with Gasteiger partial charge in [0, 0.05) is 25.2 Å². The zero-order valence-corrected chi connectivity index (χ0v) is 15.1. The Hall–Kier alpha value is -2.06. The molecule has 1 aromatic rings. The molecule has 0 bridgehead atoms. The monoisotopic (exact) mass is 341 g/mol. The molecule has 0 spiro atoms. The van der Waals surface area contributed by atoms with Gasteiger partial charge in [-0.1, -0.05) is 19.1 Å². The highest BCUT2D eigenvalue weighted by Crippen LogP contribution is 2.33. The molecule has 0 aromatic heterocycles. The summed E-state index contributed by atoms with van der Waals surface area (Å²) >= 11 is 0. The number of carbonyl (C=O) groups excluding carboxylic acids is 1. The Labute approximate surface area is 150 Å². The zero-order valence-electron chi connectivity index (χ0n) is 15.1. The SMILES string of the molecule is CCN1CCC(N(C(=O)[C@H](C)Oc2ccccc2C#N)C2CC2)CC1. The van der Waals surface area contributed by atoms with Crippen LogP contribution in [0.1, 0.15) is 45.1 Å². The predicted octanol–water partition coefficient (Wildman–Crippen LogP) is 2.80. The van der Waals surface area contributed by atoms with Crippen molar-refractivity contribution in [2.24, 2.45) is 0 Å². The van der Waals surface area contributed by atoms with E-state index in [2.05, 4.69) is 22.8 Å². The zero-order chi connectivity index (χ0) is 17.8. The Balaban J connectivity index is 1.67. The van der Waals surface area contributed by atoms with Gasteiger partial charge in [0.2, 0.25) is 0 Å². The van der Waals surface area contributed by atoms with Crippen LogP contribution in [-0.2, 0) is 4.79 Å². The number of carbonyl (C=O) groups is 1. The van der Waals surface area contributed by atoms with E-state index in [9.17, 15) is 10.1 Å². The van der Waals surface area contributed by atoms with Crippen LogP contribution in [0.2, 0.25) is 0 Å². The van der Waals surface area contributed by atoms with Gasteiger partial charge in [0.15, 0.2) is 6.10 Å².